The topological polar surface area (TPSA) is 6.48 Å². The van der Waals surface area contributed by atoms with E-state index >= 15 is 0 Å². The molecule has 6 aromatic carbocycles. The van der Waals surface area contributed by atoms with Crippen molar-refractivity contribution in [3.8, 4) is 11.1 Å². The minimum atomic E-state index is 0.0881. The summed E-state index contributed by atoms with van der Waals surface area (Å²) in [7, 11) is 12.1. The number of nitrogens with zero attached hydrogens (tertiary/aromatic N) is 2. The predicted octanol–water partition coefficient (Wildman–Crippen LogP) is 10.5. The first-order chi connectivity index (χ1) is 22.9. The molecule has 0 heterocycles. The number of hydrogen-bond donors (Lipinski definition) is 0. The number of hydrogen-bond acceptors (Lipinski definition) is 2. The van der Waals surface area contributed by atoms with Crippen LogP contribution in [0.15, 0.2) is 146 Å². The molecular formula is C44H42B2N2. The third kappa shape index (κ3) is 7.29. The number of benzene rings is 6. The SMILES string of the molecule is [B]c1ccc(N(c2ccc(-c3ccc(N(c4ccc([B])cc4)c4ccc(C(C)(C)C)cc4)cc3)cc2)c2ccc(C(C)(C)C)cc2)cc1. The van der Waals surface area contributed by atoms with Gasteiger partial charge < -0.3 is 9.80 Å². The Labute approximate surface area is 289 Å². The van der Waals surface area contributed by atoms with E-state index in [1.165, 1.54) is 11.1 Å². The second kappa shape index (κ2) is 13.3. The van der Waals surface area contributed by atoms with Crippen molar-refractivity contribution in [3.05, 3.63) is 157 Å². The van der Waals surface area contributed by atoms with Gasteiger partial charge in [-0.2, -0.15) is 0 Å². The molecule has 0 aliphatic carbocycles. The molecule has 0 aliphatic rings. The highest BCUT2D eigenvalue weighted by atomic mass is 15.1. The Hall–Kier alpha value is -4.95. The van der Waals surface area contributed by atoms with E-state index in [4.69, 9.17) is 15.7 Å². The van der Waals surface area contributed by atoms with Gasteiger partial charge in [0.25, 0.3) is 0 Å². The fourth-order valence-corrected chi connectivity index (χ4v) is 5.97. The van der Waals surface area contributed by atoms with Crippen LogP contribution in [0.4, 0.5) is 34.1 Å². The smallest absolute Gasteiger partial charge is 0.113 e. The molecule has 0 amide bonds. The average Bonchev–Trinajstić information content (AvgIpc) is 3.07. The Balaban J connectivity index is 1.31. The Kier molecular flexibility index (Phi) is 9.12. The summed E-state index contributed by atoms with van der Waals surface area (Å²) in [6.45, 7) is 13.4. The van der Waals surface area contributed by atoms with Crippen LogP contribution in [0.5, 0.6) is 0 Å². The molecule has 234 valence electrons. The molecule has 4 radical (unpaired) electrons. The zero-order valence-electron chi connectivity index (χ0n) is 28.9. The van der Waals surface area contributed by atoms with Gasteiger partial charge in [0, 0.05) is 34.1 Å². The van der Waals surface area contributed by atoms with Crippen LogP contribution < -0.4 is 20.7 Å². The second-order valence-corrected chi connectivity index (χ2v) is 14.5. The fourth-order valence-electron chi connectivity index (χ4n) is 5.97. The fraction of sp³-hybridized carbons (Fsp3) is 0.182. The summed E-state index contributed by atoms with van der Waals surface area (Å²) in [5.41, 5.74) is 13.1. The Morgan fingerprint density at radius 2 is 0.521 bits per heavy atom. The van der Waals surface area contributed by atoms with Crippen molar-refractivity contribution in [3.63, 3.8) is 0 Å². The summed E-state index contributed by atoms with van der Waals surface area (Å²) in [4.78, 5) is 4.54. The molecule has 0 atom stereocenters. The molecule has 0 saturated heterocycles. The molecule has 4 heteroatoms. The third-order valence-corrected chi connectivity index (χ3v) is 8.87. The van der Waals surface area contributed by atoms with Crippen LogP contribution in [-0.2, 0) is 10.8 Å². The zero-order chi connectivity index (χ0) is 34.1. The monoisotopic (exact) mass is 620 g/mol. The maximum atomic E-state index is 6.05. The largest absolute Gasteiger partial charge is 0.311 e. The van der Waals surface area contributed by atoms with Crippen molar-refractivity contribution in [2.45, 2.75) is 52.4 Å². The van der Waals surface area contributed by atoms with Crippen molar-refractivity contribution in [2.75, 3.05) is 9.80 Å². The van der Waals surface area contributed by atoms with Crippen LogP contribution >= 0.6 is 0 Å². The zero-order valence-corrected chi connectivity index (χ0v) is 28.9. The molecule has 6 rings (SSSR count). The van der Waals surface area contributed by atoms with Crippen LogP contribution in [0.2, 0.25) is 0 Å². The van der Waals surface area contributed by atoms with Gasteiger partial charge in [0.2, 0.25) is 0 Å². The Morgan fingerprint density at radius 3 is 0.750 bits per heavy atom. The minimum absolute atomic E-state index is 0.0881. The van der Waals surface area contributed by atoms with Gasteiger partial charge in [-0.1, -0.05) is 125 Å². The van der Waals surface area contributed by atoms with E-state index in [1.807, 2.05) is 24.3 Å². The third-order valence-electron chi connectivity index (χ3n) is 8.87. The van der Waals surface area contributed by atoms with Gasteiger partial charge in [0.15, 0.2) is 0 Å². The van der Waals surface area contributed by atoms with E-state index in [-0.39, 0.29) is 10.8 Å². The van der Waals surface area contributed by atoms with E-state index in [1.54, 1.807) is 0 Å². The van der Waals surface area contributed by atoms with Crippen molar-refractivity contribution < 1.29 is 0 Å². The van der Waals surface area contributed by atoms with Gasteiger partial charge >= 0.3 is 0 Å². The molecule has 0 saturated carbocycles. The van der Waals surface area contributed by atoms with Gasteiger partial charge in [0.05, 0.1) is 0 Å². The van der Waals surface area contributed by atoms with E-state index in [2.05, 4.69) is 173 Å². The summed E-state index contributed by atoms with van der Waals surface area (Å²) in [5.74, 6) is 0. The lowest BCUT2D eigenvalue weighted by Crippen LogP contribution is -2.14. The van der Waals surface area contributed by atoms with E-state index in [9.17, 15) is 0 Å². The van der Waals surface area contributed by atoms with Crippen molar-refractivity contribution in [2.24, 2.45) is 0 Å². The van der Waals surface area contributed by atoms with Gasteiger partial charge in [-0.25, -0.2) is 0 Å². The van der Waals surface area contributed by atoms with Crippen LogP contribution in [0.3, 0.4) is 0 Å². The van der Waals surface area contributed by atoms with Crippen LogP contribution in [0.25, 0.3) is 11.1 Å². The van der Waals surface area contributed by atoms with E-state index < -0.39 is 0 Å². The average molecular weight is 620 g/mol. The molecule has 0 aliphatic heterocycles. The Bertz CT molecular complexity index is 1800. The lowest BCUT2D eigenvalue weighted by atomic mass is 9.87. The molecule has 2 nitrogen and oxygen atoms in total. The lowest BCUT2D eigenvalue weighted by Gasteiger charge is -2.27. The highest BCUT2D eigenvalue weighted by Crippen LogP contribution is 2.39. The summed E-state index contributed by atoms with van der Waals surface area (Å²) >= 11 is 0. The van der Waals surface area contributed by atoms with Crippen LogP contribution in [0.1, 0.15) is 52.7 Å². The van der Waals surface area contributed by atoms with Crippen LogP contribution in [0, 0.1) is 0 Å². The highest BCUT2D eigenvalue weighted by Gasteiger charge is 2.18. The molecular weight excluding hydrogens is 578 g/mol. The van der Waals surface area contributed by atoms with Crippen molar-refractivity contribution >= 4 is 60.7 Å². The van der Waals surface area contributed by atoms with Crippen molar-refractivity contribution in [1.29, 1.82) is 0 Å². The maximum Gasteiger partial charge on any atom is 0.113 e. The van der Waals surface area contributed by atoms with Gasteiger partial charge in [-0.15, -0.1) is 0 Å². The lowest BCUT2D eigenvalue weighted by molar-refractivity contribution is 0.590. The van der Waals surface area contributed by atoms with Gasteiger partial charge in [-0.05, 0) is 106 Å². The summed E-state index contributed by atoms with van der Waals surface area (Å²) in [6.07, 6.45) is 0. The van der Waals surface area contributed by atoms with Crippen LogP contribution in [-0.4, -0.2) is 15.7 Å². The molecule has 6 aromatic rings. The first-order valence-electron chi connectivity index (χ1n) is 16.6. The van der Waals surface area contributed by atoms with E-state index in [0.29, 0.717) is 0 Å². The summed E-state index contributed by atoms with van der Waals surface area (Å²) in [6, 6.07) is 51.3. The molecule has 0 N–H and O–H groups in total. The van der Waals surface area contributed by atoms with E-state index in [0.717, 1.165) is 56.2 Å². The number of rotatable bonds is 7. The molecule has 0 unspecified atom stereocenters. The standard InChI is InChI=1S/C44H42B2N2/c1-43(2,3)33-11-23-39(24-12-33)47(41-27-15-35(45)16-28-41)37-19-7-31(8-20-37)32-9-21-38(22-10-32)48(42-29-17-36(46)18-30-42)40-25-13-34(14-26-40)44(4,5)6/h7-30H,1-6H3. The van der Waals surface area contributed by atoms with Gasteiger partial charge in [0.1, 0.15) is 15.7 Å². The predicted molar refractivity (Wildman–Crippen MR) is 209 cm³/mol. The molecule has 0 bridgehead atoms. The molecule has 0 aromatic heterocycles. The minimum Gasteiger partial charge on any atom is -0.311 e. The molecule has 48 heavy (non-hydrogen) atoms. The Morgan fingerprint density at radius 1 is 0.312 bits per heavy atom. The highest BCUT2D eigenvalue weighted by molar-refractivity contribution is 6.32. The quantitative estimate of drug-likeness (QED) is 0.164. The van der Waals surface area contributed by atoms with Gasteiger partial charge in [-0.3, -0.25) is 0 Å². The maximum absolute atomic E-state index is 6.05. The molecule has 0 fully saturated rings. The van der Waals surface area contributed by atoms with Crippen molar-refractivity contribution in [1.82, 2.24) is 0 Å². The second-order valence-electron chi connectivity index (χ2n) is 14.5. The normalized spacial score (nSPS) is 11.7. The first kappa shape index (κ1) is 33.0. The number of anilines is 6. The summed E-state index contributed by atoms with van der Waals surface area (Å²) in [5, 5.41) is 0. The summed E-state index contributed by atoms with van der Waals surface area (Å²) < 4.78 is 0. The molecule has 0 spiro atoms. The first-order valence-corrected chi connectivity index (χ1v) is 16.6.